The summed E-state index contributed by atoms with van der Waals surface area (Å²) in [6.45, 7) is 7.80. The van der Waals surface area contributed by atoms with Crippen molar-refractivity contribution in [2.45, 2.75) is 45.6 Å². The number of nitrogens with one attached hydrogen (secondary N) is 1. The first-order valence-electron chi connectivity index (χ1n) is 9.30. The molecule has 4 rings (SSSR count). The highest BCUT2D eigenvalue weighted by atomic mass is 16.2. The molecule has 130 valence electrons. The molecule has 3 aliphatic rings. The van der Waals surface area contributed by atoms with Crippen molar-refractivity contribution in [2.75, 3.05) is 37.6 Å². The summed E-state index contributed by atoms with van der Waals surface area (Å²) in [5.41, 5.74) is 2.50. The van der Waals surface area contributed by atoms with E-state index in [0.717, 1.165) is 70.2 Å². The van der Waals surface area contributed by atoms with Gasteiger partial charge in [0.05, 0.1) is 5.69 Å². The number of nitrogens with zero attached hydrogens (tertiary/aromatic N) is 4. The first-order valence-corrected chi connectivity index (χ1v) is 9.30. The van der Waals surface area contributed by atoms with Gasteiger partial charge in [-0.3, -0.25) is 4.79 Å². The lowest BCUT2D eigenvalue weighted by Gasteiger charge is -2.37. The van der Waals surface area contributed by atoms with Gasteiger partial charge in [-0.2, -0.15) is 0 Å². The Bertz CT molecular complexity index is 632. The van der Waals surface area contributed by atoms with E-state index in [2.05, 4.69) is 20.1 Å². The maximum absolute atomic E-state index is 11.9. The Morgan fingerprint density at radius 3 is 2.96 bits per heavy atom. The fourth-order valence-corrected chi connectivity index (χ4v) is 4.34. The quantitative estimate of drug-likeness (QED) is 0.905. The number of rotatable bonds is 3. The fraction of sp³-hybridized carbons (Fsp3) is 0.722. The minimum absolute atomic E-state index is 0.341. The summed E-state index contributed by atoms with van der Waals surface area (Å²) in [5, 5.41) is 3.41. The van der Waals surface area contributed by atoms with Gasteiger partial charge >= 0.3 is 0 Å². The summed E-state index contributed by atoms with van der Waals surface area (Å²) in [7, 11) is 0. The van der Waals surface area contributed by atoms with Gasteiger partial charge in [-0.15, -0.1) is 0 Å². The minimum atomic E-state index is 0.341. The maximum atomic E-state index is 11.9. The zero-order chi connectivity index (χ0) is 16.5. The molecule has 0 aliphatic carbocycles. The number of carbonyl (C=O) groups is 1. The van der Waals surface area contributed by atoms with Gasteiger partial charge in [-0.05, 0) is 45.1 Å². The standard InChI is InChI=1S/C18H27N5O/c1-13-20-16-10-19-7-6-15(16)18(21-13)23-9-2-4-14(12-23)11-22-8-3-5-17(22)24/h14,19H,2-12H2,1H3/t14-/m1/s1. The molecule has 24 heavy (non-hydrogen) atoms. The first-order chi connectivity index (χ1) is 11.7. The van der Waals surface area contributed by atoms with E-state index >= 15 is 0 Å². The lowest BCUT2D eigenvalue weighted by Crippen LogP contribution is -2.42. The average molecular weight is 329 g/mol. The summed E-state index contributed by atoms with van der Waals surface area (Å²) in [4.78, 5) is 25.9. The van der Waals surface area contributed by atoms with Crippen LogP contribution in [0.1, 0.15) is 42.8 Å². The van der Waals surface area contributed by atoms with Gasteiger partial charge < -0.3 is 15.1 Å². The summed E-state index contributed by atoms with van der Waals surface area (Å²) >= 11 is 0. The van der Waals surface area contributed by atoms with Crippen LogP contribution in [0.4, 0.5) is 5.82 Å². The largest absolute Gasteiger partial charge is 0.356 e. The van der Waals surface area contributed by atoms with E-state index in [1.807, 2.05) is 6.92 Å². The van der Waals surface area contributed by atoms with Gasteiger partial charge in [0.15, 0.2) is 0 Å². The van der Waals surface area contributed by atoms with Crippen molar-refractivity contribution < 1.29 is 4.79 Å². The molecule has 2 fully saturated rings. The Balaban J connectivity index is 1.52. The molecule has 1 N–H and O–H groups in total. The lowest BCUT2D eigenvalue weighted by molar-refractivity contribution is -0.128. The monoisotopic (exact) mass is 329 g/mol. The Kier molecular flexibility index (Phi) is 4.39. The second-order valence-corrected chi connectivity index (χ2v) is 7.34. The molecule has 1 aromatic rings. The van der Waals surface area contributed by atoms with Crippen LogP contribution in [0.25, 0.3) is 0 Å². The number of aryl methyl sites for hydroxylation is 1. The van der Waals surface area contributed by atoms with E-state index < -0.39 is 0 Å². The zero-order valence-corrected chi connectivity index (χ0v) is 14.6. The molecule has 0 unspecified atom stereocenters. The Morgan fingerprint density at radius 2 is 2.12 bits per heavy atom. The molecule has 1 amide bonds. The van der Waals surface area contributed by atoms with Gasteiger partial charge in [0, 0.05) is 44.7 Å². The second-order valence-electron chi connectivity index (χ2n) is 7.34. The SMILES string of the molecule is Cc1nc2c(c(N3CCC[C@H](CN4CCCC4=O)C3)n1)CCNC2. The number of carbonyl (C=O) groups excluding carboxylic acids is 1. The molecule has 6 nitrogen and oxygen atoms in total. The van der Waals surface area contributed by atoms with Crippen molar-refractivity contribution in [3.05, 3.63) is 17.1 Å². The lowest BCUT2D eigenvalue weighted by atomic mass is 9.96. The van der Waals surface area contributed by atoms with Crippen LogP contribution in [-0.4, -0.2) is 53.5 Å². The molecule has 4 heterocycles. The average Bonchev–Trinajstić information content (AvgIpc) is 2.99. The topological polar surface area (TPSA) is 61.4 Å². The van der Waals surface area contributed by atoms with Gasteiger partial charge in [0.2, 0.25) is 5.91 Å². The van der Waals surface area contributed by atoms with E-state index in [9.17, 15) is 4.79 Å². The van der Waals surface area contributed by atoms with E-state index in [4.69, 9.17) is 4.98 Å². The number of anilines is 1. The molecule has 0 aromatic carbocycles. The van der Waals surface area contributed by atoms with Crippen LogP contribution in [-0.2, 0) is 17.8 Å². The molecule has 2 saturated heterocycles. The molecule has 3 aliphatic heterocycles. The Morgan fingerprint density at radius 1 is 1.21 bits per heavy atom. The van der Waals surface area contributed by atoms with E-state index in [1.165, 1.54) is 24.1 Å². The zero-order valence-electron chi connectivity index (χ0n) is 14.6. The third-order valence-electron chi connectivity index (χ3n) is 5.50. The van der Waals surface area contributed by atoms with Crippen molar-refractivity contribution in [3.63, 3.8) is 0 Å². The number of aromatic nitrogens is 2. The number of likely N-dealkylation sites (tertiary alicyclic amines) is 1. The van der Waals surface area contributed by atoms with Gasteiger partial charge in [0.25, 0.3) is 0 Å². The minimum Gasteiger partial charge on any atom is -0.356 e. The molecule has 0 saturated carbocycles. The number of piperidine rings is 1. The number of amides is 1. The third kappa shape index (κ3) is 3.11. The summed E-state index contributed by atoms with van der Waals surface area (Å²) < 4.78 is 0. The molecular formula is C18H27N5O. The third-order valence-corrected chi connectivity index (χ3v) is 5.50. The second kappa shape index (κ2) is 6.67. The van der Waals surface area contributed by atoms with Crippen LogP contribution in [0.5, 0.6) is 0 Å². The van der Waals surface area contributed by atoms with E-state index in [1.54, 1.807) is 0 Å². The Labute approximate surface area is 143 Å². The van der Waals surface area contributed by atoms with Crippen LogP contribution in [0.2, 0.25) is 0 Å². The number of hydrogen-bond donors (Lipinski definition) is 1. The van der Waals surface area contributed by atoms with Crippen molar-refractivity contribution >= 4 is 11.7 Å². The van der Waals surface area contributed by atoms with Gasteiger partial charge in [0.1, 0.15) is 11.6 Å². The Hall–Kier alpha value is -1.69. The van der Waals surface area contributed by atoms with Crippen LogP contribution in [0, 0.1) is 12.8 Å². The molecule has 6 heteroatoms. The first kappa shape index (κ1) is 15.8. The van der Waals surface area contributed by atoms with Crippen LogP contribution >= 0.6 is 0 Å². The van der Waals surface area contributed by atoms with Crippen molar-refractivity contribution in [2.24, 2.45) is 5.92 Å². The van der Waals surface area contributed by atoms with Gasteiger partial charge in [-0.1, -0.05) is 0 Å². The smallest absolute Gasteiger partial charge is 0.222 e. The van der Waals surface area contributed by atoms with Crippen LogP contribution in [0.3, 0.4) is 0 Å². The highest BCUT2D eigenvalue weighted by Crippen LogP contribution is 2.29. The van der Waals surface area contributed by atoms with Crippen LogP contribution < -0.4 is 10.2 Å². The van der Waals surface area contributed by atoms with Crippen molar-refractivity contribution in [3.8, 4) is 0 Å². The highest BCUT2D eigenvalue weighted by molar-refractivity contribution is 5.78. The summed E-state index contributed by atoms with van der Waals surface area (Å²) in [5.74, 6) is 2.92. The van der Waals surface area contributed by atoms with Crippen molar-refractivity contribution in [1.82, 2.24) is 20.2 Å². The van der Waals surface area contributed by atoms with Crippen LogP contribution in [0.15, 0.2) is 0 Å². The molecule has 0 bridgehead atoms. The number of fused-ring (bicyclic) bond motifs is 1. The summed E-state index contributed by atoms with van der Waals surface area (Å²) in [6.07, 6.45) is 5.18. The normalized spacial score (nSPS) is 24.4. The van der Waals surface area contributed by atoms with E-state index in [-0.39, 0.29) is 0 Å². The molecule has 0 radical (unpaired) electrons. The summed E-state index contributed by atoms with van der Waals surface area (Å²) in [6, 6.07) is 0. The molecule has 1 atom stereocenters. The highest BCUT2D eigenvalue weighted by Gasteiger charge is 2.29. The molecular weight excluding hydrogens is 302 g/mol. The predicted octanol–water partition coefficient (Wildman–Crippen LogP) is 1.27. The van der Waals surface area contributed by atoms with Gasteiger partial charge in [-0.25, -0.2) is 9.97 Å². The predicted molar refractivity (Wildman–Crippen MR) is 92.9 cm³/mol. The van der Waals surface area contributed by atoms with Crippen molar-refractivity contribution in [1.29, 1.82) is 0 Å². The molecule has 1 aromatic heterocycles. The number of hydrogen-bond acceptors (Lipinski definition) is 5. The molecule has 0 spiro atoms. The van der Waals surface area contributed by atoms with E-state index in [0.29, 0.717) is 11.8 Å². The maximum Gasteiger partial charge on any atom is 0.222 e. The fourth-order valence-electron chi connectivity index (χ4n) is 4.34.